The molecule has 0 fully saturated rings. The molecular formula is C17H15Cl2N3O4S. The molecule has 0 aromatic heterocycles. The Morgan fingerprint density at radius 2 is 1.93 bits per heavy atom. The van der Waals surface area contributed by atoms with Crippen LogP contribution in [-0.4, -0.2) is 39.6 Å². The summed E-state index contributed by atoms with van der Waals surface area (Å²) in [5, 5.41) is 3.11. The van der Waals surface area contributed by atoms with Gasteiger partial charge >= 0.3 is 0 Å². The molecule has 2 aromatic carbocycles. The summed E-state index contributed by atoms with van der Waals surface area (Å²) >= 11 is 12.0. The standard InChI is InChI=1S/C17H15Cl2N3O4S/c1-27(25,26)22(14-7-6-11(18)8-12(14)19)10-17(24)21-9-16(23)20-13-4-2-3-5-15(13)21/h2-8H,9-10H2,1H3,(H,20,23). The average Bonchev–Trinajstić information content (AvgIpc) is 2.58. The molecule has 0 unspecified atom stereocenters. The van der Waals surface area contributed by atoms with Gasteiger partial charge in [0.25, 0.3) is 0 Å². The third-order valence-electron chi connectivity index (χ3n) is 3.93. The highest BCUT2D eigenvalue weighted by Gasteiger charge is 2.30. The number of fused-ring (bicyclic) bond motifs is 1. The maximum atomic E-state index is 12.9. The lowest BCUT2D eigenvalue weighted by molar-refractivity contribution is -0.121. The fourth-order valence-corrected chi connectivity index (χ4v) is 4.15. The highest BCUT2D eigenvalue weighted by atomic mass is 35.5. The Hall–Kier alpha value is -2.29. The molecule has 7 nitrogen and oxygen atoms in total. The Morgan fingerprint density at radius 3 is 2.59 bits per heavy atom. The number of nitrogens with one attached hydrogen (secondary N) is 1. The highest BCUT2D eigenvalue weighted by Crippen LogP contribution is 2.32. The van der Waals surface area contributed by atoms with E-state index in [4.69, 9.17) is 23.2 Å². The molecule has 10 heteroatoms. The Labute approximate surface area is 166 Å². The van der Waals surface area contributed by atoms with Crippen LogP contribution in [0.2, 0.25) is 10.0 Å². The zero-order chi connectivity index (χ0) is 19.8. The molecule has 0 aliphatic carbocycles. The molecule has 0 bridgehead atoms. The predicted molar refractivity (Wildman–Crippen MR) is 106 cm³/mol. The zero-order valence-electron chi connectivity index (χ0n) is 14.1. The van der Waals surface area contributed by atoms with Crippen LogP contribution in [0.4, 0.5) is 17.1 Å². The molecule has 2 aromatic rings. The lowest BCUT2D eigenvalue weighted by Crippen LogP contribution is -2.47. The van der Waals surface area contributed by atoms with Crippen LogP contribution in [0.1, 0.15) is 0 Å². The number of rotatable bonds is 4. The fraction of sp³-hybridized carbons (Fsp3) is 0.176. The molecule has 1 N–H and O–H groups in total. The van der Waals surface area contributed by atoms with Crippen molar-refractivity contribution in [3.63, 3.8) is 0 Å². The number of carbonyl (C=O) groups excluding carboxylic acids is 2. The summed E-state index contributed by atoms with van der Waals surface area (Å²) in [5.41, 5.74) is 1.11. The normalized spacial score (nSPS) is 13.7. The largest absolute Gasteiger partial charge is 0.323 e. The number of hydrogen-bond acceptors (Lipinski definition) is 4. The number of benzene rings is 2. The van der Waals surface area contributed by atoms with E-state index in [9.17, 15) is 18.0 Å². The summed E-state index contributed by atoms with van der Waals surface area (Å²) < 4.78 is 25.5. The number of para-hydroxylation sites is 2. The first-order valence-electron chi connectivity index (χ1n) is 7.79. The molecule has 0 saturated heterocycles. The van der Waals surface area contributed by atoms with Crippen molar-refractivity contribution >= 4 is 62.1 Å². The average molecular weight is 428 g/mol. The highest BCUT2D eigenvalue weighted by molar-refractivity contribution is 7.92. The summed E-state index contributed by atoms with van der Waals surface area (Å²) in [6, 6.07) is 11.1. The molecule has 0 saturated carbocycles. The van der Waals surface area contributed by atoms with E-state index in [0.717, 1.165) is 10.6 Å². The van der Waals surface area contributed by atoms with E-state index in [1.807, 2.05) is 0 Å². The summed E-state index contributed by atoms with van der Waals surface area (Å²) in [7, 11) is -3.82. The van der Waals surface area contributed by atoms with E-state index >= 15 is 0 Å². The van der Waals surface area contributed by atoms with Gasteiger partial charge in [0.05, 0.1) is 28.3 Å². The molecule has 3 rings (SSSR count). The van der Waals surface area contributed by atoms with Crippen molar-refractivity contribution in [3.8, 4) is 0 Å². The van der Waals surface area contributed by atoms with Crippen LogP contribution in [-0.2, 0) is 19.6 Å². The Bertz CT molecular complexity index is 1030. The minimum Gasteiger partial charge on any atom is -0.323 e. The van der Waals surface area contributed by atoms with Crippen LogP contribution in [0.3, 0.4) is 0 Å². The number of sulfonamides is 1. The van der Waals surface area contributed by atoms with Crippen LogP contribution in [0, 0.1) is 0 Å². The maximum Gasteiger partial charge on any atom is 0.248 e. The molecule has 27 heavy (non-hydrogen) atoms. The molecule has 0 radical (unpaired) electrons. The van der Waals surface area contributed by atoms with Crippen molar-refractivity contribution < 1.29 is 18.0 Å². The van der Waals surface area contributed by atoms with Gasteiger partial charge in [-0.2, -0.15) is 0 Å². The first-order valence-corrected chi connectivity index (χ1v) is 10.4. The van der Waals surface area contributed by atoms with Crippen LogP contribution in [0.15, 0.2) is 42.5 Å². The Balaban J connectivity index is 1.96. The minimum atomic E-state index is -3.82. The van der Waals surface area contributed by atoms with Gasteiger partial charge in [0, 0.05) is 5.02 Å². The lowest BCUT2D eigenvalue weighted by atomic mass is 10.2. The molecule has 1 heterocycles. The SMILES string of the molecule is CS(=O)(=O)N(CC(=O)N1CC(=O)Nc2ccccc21)c1ccc(Cl)cc1Cl. The van der Waals surface area contributed by atoms with E-state index < -0.39 is 22.5 Å². The topological polar surface area (TPSA) is 86.8 Å². The van der Waals surface area contributed by atoms with Gasteiger partial charge in [-0.05, 0) is 30.3 Å². The van der Waals surface area contributed by atoms with Crippen LogP contribution < -0.4 is 14.5 Å². The number of anilines is 3. The molecule has 1 aliphatic heterocycles. The molecule has 142 valence electrons. The molecule has 2 amide bonds. The van der Waals surface area contributed by atoms with E-state index in [0.29, 0.717) is 16.4 Å². The predicted octanol–water partition coefficient (Wildman–Crippen LogP) is 2.74. The smallest absolute Gasteiger partial charge is 0.248 e. The first kappa shape index (κ1) is 19.5. The van der Waals surface area contributed by atoms with Crippen molar-refractivity contribution in [2.24, 2.45) is 0 Å². The van der Waals surface area contributed by atoms with Gasteiger partial charge in [-0.15, -0.1) is 0 Å². The van der Waals surface area contributed by atoms with Gasteiger partial charge in [0.2, 0.25) is 21.8 Å². The third-order valence-corrected chi connectivity index (χ3v) is 5.59. The second-order valence-corrected chi connectivity index (χ2v) is 8.66. The van der Waals surface area contributed by atoms with Gasteiger partial charge in [0.1, 0.15) is 13.1 Å². The molecule has 0 spiro atoms. The summed E-state index contributed by atoms with van der Waals surface area (Å²) in [6.07, 6.45) is 0.974. The first-order chi connectivity index (χ1) is 12.7. The van der Waals surface area contributed by atoms with Gasteiger partial charge in [-0.1, -0.05) is 35.3 Å². The quantitative estimate of drug-likeness (QED) is 0.812. The Morgan fingerprint density at radius 1 is 1.22 bits per heavy atom. The second-order valence-electron chi connectivity index (χ2n) is 5.91. The number of nitrogens with zero attached hydrogens (tertiary/aromatic N) is 2. The maximum absolute atomic E-state index is 12.9. The monoisotopic (exact) mass is 427 g/mol. The number of hydrogen-bond donors (Lipinski definition) is 1. The Kier molecular flexibility index (Phi) is 5.32. The van der Waals surface area contributed by atoms with Crippen LogP contribution in [0.25, 0.3) is 0 Å². The van der Waals surface area contributed by atoms with E-state index in [2.05, 4.69) is 5.32 Å². The van der Waals surface area contributed by atoms with E-state index in [1.54, 1.807) is 24.3 Å². The lowest BCUT2D eigenvalue weighted by Gasteiger charge is -2.31. The van der Waals surface area contributed by atoms with Gasteiger partial charge in [-0.3, -0.25) is 18.8 Å². The minimum absolute atomic E-state index is 0.0949. The van der Waals surface area contributed by atoms with E-state index in [-0.39, 0.29) is 23.2 Å². The summed E-state index contributed by atoms with van der Waals surface area (Å²) in [5.74, 6) is -0.925. The van der Waals surface area contributed by atoms with Crippen LogP contribution in [0.5, 0.6) is 0 Å². The van der Waals surface area contributed by atoms with Crippen molar-refractivity contribution in [3.05, 3.63) is 52.5 Å². The van der Waals surface area contributed by atoms with Gasteiger partial charge < -0.3 is 5.32 Å². The summed E-state index contributed by atoms with van der Waals surface area (Å²) in [4.78, 5) is 26.0. The van der Waals surface area contributed by atoms with Crippen molar-refractivity contribution in [1.29, 1.82) is 0 Å². The third kappa shape index (κ3) is 4.18. The van der Waals surface area contributed by atoms with Gasteiger partial charge in [0.15, 0.2) is 0 Å². The zero-order valence-corrected chi connectivity index (χ0v) is 16.5. The second kappa shape index (κ2) is 7.38. The number of amides is 2. The van der Waals surface area contributed by atoms with Crippen molar-refractivity contribution in [2.75, 3.05) is 33.9 Å². The summed E-state index contributed by atoms with van der Waals surface area (Å²) in [6.45, 7) is -0.719. The molecular weight excluding hydrogens is 413 g/mol. The number of halogens is 2. The molecule has 0 atom stereocenters. The van der Waals surface area contributed by atoms with Crippen LogP contribution >= 0.6 is 23.2 Å². The number of carbonyl (C=O) groups is 2. The molecule has 1 aliphatic rings. The van der Waals surface area contributed by atoms with E-state index in [1.165, 1.54) is 23.1 Å². The van der Waals surface area contributed by atoms with Crippen molar-refractivity contribution in [1.82, 2.24) is 0 Å². The van der Waals surface area contributed by atoms with Gasteiger partial charge in [-0.25, -0.2) is 8.42 Å². The van der Waals surface area contributed by atoms with Crippen molar-refractivity contribution in [2.45, 2.75) is 0 Å². The fourth-order valence-electron chi connectivity index (χ4n) is 2.73.